The Morgan fingerprint density at radius 3 is 2.65 bits per heavy atom. The summed E-state index contributed by atoms with van der Waals surface area (Å²) in [4.78, 5) is 12.0. The van der Waals surface area contributed by atoms with Crippen LogP contribution >= 0.6 is 0 Å². The predicted octanol–water partition coefficient (Wildman–Crippen LogP) is 2.54. The predicted molar refractivity (Wildman–Crippen MR) is 76.6 cm³/mol. The van der Waals surface area contributed by atoms with Gasteiger partial charge in [-0.25, -0.2) is 4.39 Å². The largest absolute Gasteiger partial charge is 0.321 e. The summed E-state index contributed by atoms with van der Waals surface area (Å²) in [5.41, 5.74) is 2.49. The van der Waals surface area contributed by atoms with Gasteiger partial charge in [0, 0.05) is 41.8 Å². The molecule has 1 aromatic carbocycles. The maximum atomic E-state index is 13.0. The van der Waals surface area contributed by atoms with Gasteiger partial charge in [-0.3, -0.25) is 4.79 Å². The van der Waals surface area contributed by atoms with Crippen LogP contribution in [0.4, 0.5) is 4.39 Å². The lowest BCUT2D eigenvalue weighted by Gasteiger charge is -2.13. The lowest BCUT2D eigenvalue weighted by molar-refractivity contribution is 0.627. The fourth-order valence-electron chi connectivity index (χ4n) is 2.23. The number of nitrogens with one attached hydrogen (secondary N) is 1. The average Bonchev–Trinajstić information content (AvgIpc) is 3.23. The molecule has 20 heavy (non-hydrogen) atoms. The van der Waals surface area contributed by atoms with E-state index in [4.69, 9.17) is 0 Å². The first-order valence-electron chi connectivity index (χ1n) is 6.85. The summed E-state index contributed by atoms with van der Waals surface area (Å²) in [6.07, 6.45) is 4.23. The summed E-state index contributed by atoms with van der Waals surface area (Å²) in [6.45, 7) is 2.47. The topological polar surface area (TPSA) is 34.0 Å². The monoisotopic (exact) mass is 272 g/mol. The highest BCUT2D eigenvalue weighted by Gasteiger charge is 2.20. The second-order valence-electron chi connectivity index (χ2n) is 5.31. The normalized spacial score (nSPS) is 14.5. The standard InChI is InChI=1S/C16H17FN2O/c1-11-8-16(20)12(9-18-14-4-5-14)10-19(11)15-6-2-13(17)3-7-15/h2-3,6-8,10,14,18H,4-5,9H2,1H3. The summed E-state index contributed by atoms with van der Waals surface area (Å²) in [6, 6.07) is 8.47. The third-order valence-electron chi connectivity index (χ3n) is 3.58. The van der Waals surface area contributed by atoms with Crippen molar-refractivity contribution in [1.82, 2.24) is 9.88 Å². The molecule has 1 aliphatic rings. The molecule has 0 unspecified atom stereocenters. The Morgan fingerprint density at radius 2 is 2.00 bits per heavy atom. The van der Waals surface area contributed by atoms with Crippen molar-refractivity contribution >= 4 is 0 Å². The molecular formula is C16H17FN2O. The Morgan fingerprint density at radius 1 is 1.30 bits per heavy atom. The van der Waals surface area contributed by atoms with E-state index in [0.717, 1.165) is 16.9 Å². The minimum absolute atomic E-state index is 0.0500. The summed E-state index contributed by atoms with van der Waals surface area (Å²) in [7, 11) is 0. The zero-order valence-electron chi connectivity index (χ0n) is 11.4. The number of halogens is 1. The first-order chi connectivity index (χ1) is 9.63. The number of pyridine rings is 1. The Hall–Kier alpha value is -1.94. The van der Waals surface area contributed by atoms with Crippen LogP contribution in [-0.2, 0) is 6.54 Å². The summed E-state index contributed by atoms with van der Waals surface area (Å²) in [5, 5.41) is 3.35. The molecule has 1 aliphatic carbocycles. The first-order valence-corrected chi connectivity index (χ1v) is 6.85. The van der Waals surface area contributed by atoms with Gasteiger partial charge < -0.3 is 9.88 Å². The van der Waals surface area contributed by atoms with Crippen molar-refractivity contribution in [2.45, 2.75) is 32.4 Å². The van der Waals surface area contributed by atoms with Crippen molar-refractivity contribution in [3.05, 3.63) is 63.8 Å². The molecule has 2 aromatic rings. The highest BCUT2D eigenvalue weighted by atomic mass is 19.1. The van der Waals surface area contributed by atoms with Crippen LogP contribution in [0.25, 0.3) is 5.69 Å². The van der Waals surface area contributed by atoms with E-state index >= 15 is 0 Å². The molecule has 104 valence electrons. The van der Waals surface area contributed by atoms with E-state index in [-0.39, 0.29) is 11.2 Å². The average molecular weight is 272 g/mol. The number of nitrogens with zero attached hydrogens (tertiary/aromatic N) is 1. The Bertz CT molecular complexity index is 672. The molecule has 4 heteroatoms. The number of benzene rings is 1. The molecule has 1 heterocycles. The van der Waals surface area contributed by atoms with Gasteiger partial charge in [0.15, 0.2) is 5.43 Å². The number of hydrogen-bond acceptors (Lipinski definition) is 2. The Kier molecular flexibility index (Phi) is 3.40. The summed E-state index contributed by atoms with van der Waals surface area (Å²) < 4.78 is 14.9. The minimum Gasteiger partial charge on any atom is -0.321 e. The minimum atomic E-state index is -0.261. The van der Waals surface area contributed by atoms with E-state index in [1.165, 1.54) is 25.0 Å². The van der Waals surface area contributed by atoms with Gasteiger partial charge in [0.1, 0.15) is 5.82 Å². The van der Waals surface area contributed by atoms with Crippen LogP contribution < -0.4 is 10.7 Å². The van der Waals surface area contributed by atoms with E-state index < -0.39 is 0 Å². The molecule has 0 spiro atoms. The van der Waals surface area contributed by atoms with Crippen molar-refractivity contribution in [3.63, 3.8) is 0 Å². The zero-order valence-corrected chi connectivity index (χ0v) is 11.4. The van der Waals surface area contributed by atoms with E-state index in [1.54, 1.807) is 18.2 Å². The molecule has 0 saturated heterocycles. The van der Waals surface area contributed by atoms with Gasteiger partial charge in [0.05, 0.1) is 0 Å². The van der Waals surface area contributed by atoms with E-state index in [1.807, 2.05) is 17.7 Å². The Labute approximate surface area is 117 Å². The smallest absolute Gasteiger partial charge is 0.186 e. The molecule has 1 N–H and O–H groups in total. The fourth-order valence-corrected chi connectivity index (χ4v) is 2.23. The third kappa shape index (κ3) is 2.80. The van der Waals surface area contributed by atoms with Crippen LogP contribution in [0, 0.1) is 12.7 Å². The van der Waals surface area contributed by atoms with Gasteiger partial charge in [-0.2, -0.15) is 0 Å². The fraction of sp³-hybridized carbons (Fsp3) is 0.312. The van der Waals surface area contributed by atoms with Crippen LogP contribution in [-0.4, -0.2) is 10.6 Å². The molecule has 0 atom stereocenters. The lowest BCUT2D eigenvalue weighted by Crippen LogP contribution is -2.22. The first kappa shape index (κ1) is 13.1. The van der Waals surface area contributed by atoms with Crippen molar-refractivity contribution < 1.29 is 4.39 Å². The van der Waals surface area contributed by atoms with E-state index in [2.05, 4.69) is 5.32 Å². The quantitative estimate of drug-likeness (QED) is 0.928. The van der Waals surface area contributed by atoms with Gasteiger partial charge in [-0.05, 0) is 44.0 Å². The van der Waals surface area contributed by atoms with Crippen LogP contribution in [0.3, 0.4) is 0 Å². The van der Waals surface area contributed by atoms with Crippen LogP contribution in [0.15, 0.2) is 41.3 Å². The molecule has 0 aliphatic heterocycles. The van der Waals surface area contributed by atoms with Gasteiger partial charge in [0.2, 0.25) is 0 Å². The molecule has 0 bridgehead atoms. The Balaban J connectivity index is 1.94. The second kappa shape index (κ2) is 5.21. The lowest BCUT2D eigenvalue weighted by atomic mass is 10.2. The van der Waals surface area contributed by atoms with Gasteiger partial charge >= 0.3 is 0 Å². The van der Waals surface area contributed by atoms with Crippen LogP contribution in [0.1, 0.15) is 24.1 Å². The van der Waals surface area contributed by atoms with Crippen LogP contribution in [0.5, 0.6) is 0 Å². The highest BCUT2D eigenvalue weighted by molar-refractivity contribution is 5.35. The van der Waals surface area contributed by atoms with Crippen molar-refractivity contribution in [2.75, 3.05) is 0 Å². The number of rotatable bonds is 4. The molecule has 1 aromatic heterocycles. The van der Waals surface area contributed by atoms with Crippen LogP contribution in [0.2, 0.25) is 0 Å². The molecule has 3 rings (SSSR count). The second-order valence-corrected chi connectivity index (χ2v) is 5.31. The zero-order chi connectivity index (χ0) is 14.1. The molecule has 0 amide bonds. The molecule has 1 saturated carbocycles. The highest BCUT2D eigenvalue weighted by Crippen LogP contribution is 2.19. The summed E-state index contributed by atoms with van der Waals surface area (Å²) >= 11 is 0. The summed E-state index contributed by atoms with van der Waals surface area (Å²) in [5.74, 6) is -0.261. The molecule has 0 radical (unpaired) electrons. The van der Waals surface area contributed by atoms with Gasteiger partial charge in [0.25, 0.3) is 0 Å². The maximum Gasteiger partial charge on any atom is 0.186 e. The third-order valence-corrected chi connectivity index (χ3v) is 3.58. The van der Waals surface area contributed by atoms with Crippen molar-refractivity contribution in [3.8, 4) is 5.69 Å². The molecular weight excluding hydrogens is 255 g/mol. The van der Waals surface area contributed by atoms with Crippen molar-refractivity contribution in [2.24, 2.45) is 0 Å². The molecule has 3 nitrogen and oxygen atoms in total. The van der Waals surface area contributed by atoms with E-state index in [9.17, 15) is 9.18 Å². The number of hydrogen-bond donors (Lipinski definition) is 1. The number of aryl methyl sites for hydroxylation is 1. The van der Waals surface area contributed by atoms with Crippen molar-refractivity contribution in [1.29, 1.82) is 0 Å². The van der Waals surface area contributed by atoms with Gasteiger partial charge in [-0.1, -0.05) is 0 Å². The maximum absolute atomic E-state index is 13.0. The SMILES string of the molecule is Cc1cc(=O)c(CNC2CC2)cn1-c1ccc(F)cc1. The van der Waals surface area contributed by atoms with E-state index in [0.29, 0.717) is 12.6 Å². The molecule has 1 fully saturated rings. The van der Waals surface area contributed by atoms with Gasteiger partial charge in [-0.15, -0.1) is 0 Å². The number of aromatic nitrogens is 1.